The van der Waals surface area contributed by atoms with Crippen molar-refractivity contribution in [2.75, 3.05) is 23.8 Å². The van der Waals surface area contributed by atoms with Gasteiger partial charge in [-0.2, -0.15) is 0 Å². The predicted octanol–water partition coefficient (Wildman–Crippen LogP) is 3.16. The fourth-order valence-corrected chi connectivity index (χ4v) is 2.54. The zero-order valence-corrected chi connectivity index (χ0v) is 16.0. The molecular weight excluding hydrogens is 360 g/mol. The summed E-state index contributed by atoms with van der Waals surface area (Å²) in [6.07, 6.45) is 0.616. The molecule has 2 N–H and O–H groups in total. The Morgan fingerprint density at radius 2 is 1.68 bits per heavy atom. The highest BCUT2D eigenvalue weighted by Gasteiger charge is 2.10. The average molecular weight is 384 g/mol. The fraction of sp³-hybridized carbons (Fsp3) is 0.286. The lowest BCUT2D eigenvalue weighted by molar-refractivity contribution is -0.147. The summed E-state index contributed by atoms with van der Waals surface area (Å²) in [7, 11) is 0. The van der Waals surface area contributed by atoms with Crippen LogP contribution in [-0.4, -0.2) is 31.0 Å². The minimum absolute atomic E-state index is 0.148. The zero-order valence-electron chi connectivity index (χ0n) is 16.0. The van der Waals surface area contributed by atoms with E-state index in [2.05, 4.69) is 10.6 Å². The molecule has 0 aromatic heterocycles. The molecule has 2 aromatic rings. The lowest BCUT2D eigenvalue weighted by Gasteiger charge is -2.10. The van der Waals surface area contributed by atoms with Crippen molar-refractivity contribution in [1.29, 1.82) is 0 Å². The van der Waals surface area contributed by atoms with Gasteiger partial charge in [0.05, 0.1) is 6.61 Å². The fourth-order valence-electron chi connectivity index (χ4n) is 2.54. The van der Waals surface area contributed by atoms with E-state index in [-0.39, 0.29) is 18.9 Å². The minimum atomic E-state index is -0.464. The van der Waals surface area contributed by atoms with E-state index in [1.54, 1.807) is 24.3 Å². The number of anilines is 2. The van der Waals surface area contributed by atoms with Crippen molar-refractivity contribution >= 4 is 29.2 Å². The van der Waals surface area contributed by atoms with Crippen LogP contribution < -0.4 is 15.4 Å². The smallest absolute Gasteiger partial charge is 0.306 e. The topological polar surface area (TPSA) is 93.7 Å². The Kier molecular flexibility index (Phi) is 8.02. The Morgan fingerprint density at radius 3 is 2.39 bits per heavy atom. The zero-order chi connectivity index (χ0) is 20.4. The van der Waals surface area contributed by atoms with Crippen LogP contribution in [0.2, 0.25) is 0 Å². The van der Waals surface area contributed by atoms with E-state index in [0.29, 0.717) is 24.4 Å². The van der Waals surface area contributed by atoms with Crippen LogP contribution in [0, 0.1) is 0 Å². The normalized spacial score (nSPS) is 10.1. The van der Waals surface area contributed by atoms with Gasteiger partial charge in [-0.3, -0.25) is 14.4 Å². The summed E-state index contributed by atoms with van der Waals surface area (Å²) < 4.78 is 10.6. The summed E-state index contributed by atoms with van der Waals surface area (Å²) in [5.41, 5.74) is 1.98. The number of esters is 1. The first kappa shape index (κ1) is 21.0. The van der Waals surface area contributed by atoms with Crippen molar-refractivity contribution < 1.29 is 23.9 Å². The molecule has 7 nitrogen and oxygen atoms in total. The van der Waals surface area contributed by atoms with Gasteiger partial charge in [0.15, 0.2) is 6.61 Å². The number of hydrogen-bond acceptors (Lipinski definition) is 5. The van der Waals surface area contributed by atoms with Crippen LogP contribution in [0.15, 0.2) is 48.5 Å². The summed E-state index contributed by atoms with van der Waals surface area (Å²) in [6, 6.07) is 14.2. The Bertz CT molecular complexity index is 835. The van der Waals surface area contributed by atoms with E-state index >= 15 is 0 Å². The van der Waals surface area contributed by atoms with Crippen molar-refractivity contribution in [3.8, 4) is 5.75 Å². The van der Waals surface area contributed by atoms with E-state index in [1.807, 2.05) is 31.2 Å². The first-order valence-electron chi connectivity index (χ1n) is 9.01. The molecule has 0 aliphatic carbocycles. The maximum Gasteiger partial charge on any atom is 0.306 e. The second-order valence-corrected chi connectivity index (χ2v) is 6.01. The highest BCUT2D eigenvalue weighted by Crippen LogP contribution is 2.19. The molecule has 0 atom stereocenters. The van der Waals surface area contributed by atoms with Crippen LogP contribution in [0.3, 0.4) is 0 Å². The SMILES string of the molecule is CCOc1ccccc1CCC(=O)OCC(=O)Nc1cccc(NC(C)=O)c1. The van der Waals surface area contributed by atoms with Gasteiger partial charge in [-0.15, -0.1) is 0 Å². The molecule has 0 aliphatic heterocycles. The van der Waals surface area contributed by atoms with Crippen LogP contribution >= 0.6 is 0 Å². The summed E-state index contributed by atoms with van der Waals surface area (Å²) in [4.78, 5) is 35.0. The Labute approximate surface area is 164 Å². The molecule has 0 aliphatic rings. The molecule has 0 fully saturated rings. The van der Waals surface area contributed by atoms with Gasteiger partial charge >= 0.3 is 5.97 Å². The second-order valence-electron chi connectivity index (χ2n) is 6.01. The molecule has 0 heterocycles. The third-order valence-corrected chi connectivity index (χ3v) is 3.70. The summed E-state index contributed by atoms with van der Waals surface area (Å²) >= 11 is 0. The molecule has 2 aromatic carbocycles. The standard InChI is InChI=1S/C21H24N2O5/c1-3-27-19-10-5-4-7-16(19)11-12-21(26)28-14-20(25)23-18-9-6-8-17(13-18)22-15(2)24/h4-10,13H,3,11-12,14H2,1-2H3,(H,22,24)(H,23,25). The van der Waals surface area contributed by atoms with Crippen LogP contribution in [0.1, 0.15) is 25.8 Å². The molecule has 0 unspecified atom stereocenters. The van der Waals surface area contributed by atoms with E-state index < -0.39 is 11.9 Å². The summed E-state index contributed by atoms with van der Waals surface area (Å²) in [6.45, 7) is 3.47. The predicted molar refractivity (Wildman–Crippen MR) is 106 cm³/mol. The molecule has 0 saturated carbocycles. The van der Waals surface area contributed by atoms with E-state index in [0.717, 1.165) is 11.3 Å². The lowest BCUT2D eigenvalue weighted by Crippen LogP contribution is -2.21. The average Bonchev–Trinajstić information content (AvgIpc) is 2.65. The number of ether oxygens (including phenoxy) is 2. The third-order valence-electron chi connectivity index (χ3n) is 3.70. The molecule has 2 amide bonds. The molecular formula is C21H24N2O5. The number of aryl methyl sites for hydroxylation is 1. The van der Waals surface area contributed by atoms with E-state index in [4.69, 9.17) is 9.47 Å². The van der Waals surface area contributed by atoms with Crippen molar-refractivity contribution in [2.45, 2.75) is 26.7 Å². The molecule has 0 saturated heterocycles. The van der Waals surface area contributed by atoms with Crippen molar-refractivity contribution in [2.24, 2.45) is 0 Å². The summed E-state index contributed by atoms with van der Waals surface area (Å²) in [5.74, 6) is -0.380. The largest absolute Gasteiger partial charge is 0.494 e. The van der Waals surface area contributed by atoms with Gasteiger partial charge in [0, 0.05) is 24.7 Å². The number of carbonyl (C=O) groups excluding carboxylic acids is 3. The van der Waals surface area contributed by atoms with Crippen LogP contribution in [0.25, 0.3) is 0 Å². The molecule has 148 valence electrons. The van der Waals surface area contributed by atoms with Gasteiger partial charge in [0.25, 0.3) is 5.91 Å². The van der Waals surface area contributed by atoms with Crippen molar-refractivity contribution in [3.63, 3.8) is 0 Å². The maximum absolute atomic E-state index is 12.0. The highest BCUT2D eigenvalue weighted by molar-refractivity contribution is 5.94. The Morgan fingerprint density at radius 1 is 0.964 bits per heavy atom. The number of carbonyl (C=O) groups is 3. The molecule has 7 heteroatoms. The summed E-state index contributed by atoms with van der Waals surface area (Å²) in [5, 5.41) is 5.25. The van der Waals surface area contributed by atoms with Gasteiger partial charge in [-0.05, 0) is 43.2 Å². The van der Waals surface area contributed by atoms with E-state index in [9.17, 15) is 14.4 Å². The molecule has 2 rings (SSSR count). The monoisotopic (exact) mass is 384 g/mol. The maximum atomic E-state index is 12.0. The van der Waals surface area contributed by atoms with Crippen molar-refractivity contribution in [1.82, 2.24) is 0 Å². The number of amides is 2. The third kappa shape index (κ3) is 7.11. The number of hydrogen-bond donors (Lipinski definition) is 2. The minimum Gasteiger partial charge on any atom is -0.494 e. The molecule has 0 spiro atoms. The van der Waals surface area contributed by atoms with Crippen LogP contribution in [-0.2, 0) is 25.5 Å². The van der Waals surface area contributed by atoms with Gasteiger partial charge in [-0.1, -0.05) is 24.3 Å². The highest BCUT2D eigenvalue weighted by atomic mass is 16.5. The van der Waals surface area contributed by atoms with Crippen molar-refractivity contribution in [3.05, 3.63) is 54.1 Å². The second kappa shape index (κ2) is 10.7. The van der Waals surface area contributed by atoms with Gasteiger partial charge in [0.1, 0.15) is 5.75 Å². The van der Waals surface area contributed by atoms with Gasteiger partial charge < -0.3 is 20.1 Å². The van der Waals surface area contributed by atoms with Gasteiger partial charge in [-0.25, -0.2) is 0 Å². The number of benzene rings is 2. The Balaban J connectivity index is 1.78. The van der Waals surface area contributed by atoms with Crippen LogP contribution in [0.5, 0.6) is 5.75 Å². The number of nitrogens with one attached hydrogen (secondary N) is 2. The molecule has 0 radical (unpaired) electrons. The molecule has 28 heavy (non-hydrogen) atoms. The van der Waals surface area contributed by atoms with E-state index in [1.165, 1.54) is 6.92 Å². The Hall–Kier alpha value is -3.35. The molecule has 0 bridgehead atoms. The lowest BCUT2D eigenvalue weighted by atomic mass is 10.1. The van der Waals surface area contributed by atoms with Crippen LogP contribution in [0.4, 0.5) is 11.4 Å². The van der Waals surface area contributed by atoms with Gasteiger partial charge in [0.2, 0.25) is 5.91 Å². The first-order chi connectivity index (χ1) is 13.5. The first-order valence-corrected chi connectivity index (χ1v) is 9.01. The quantitative estimate of drug-likeness (QED) is 0.648. The number of para-hydroxylation sites is 1. The number of rotatable bonds is 9.